The van der Waals surface area contributed by atoms with Crippen LogP contribution in [0, 0.1) is 0 Å². The van der Waals surface area contributed by atoms with E-state index in [-0.39, 0.29) is 18.4 Å². The Balaban J connectivity index is 2.03. The Morgan fingerprint density at radius 1 is 1.38 bits per heavy atom. The van der Waals surface area contributed by atoms with Crippen molar-refractivity contribution in [2.24, 2.45) is 0 Å². The summed E-state index contributed by atoms with van der Waals surface area (Å²) in [6.45, 7) is 8.56. The van der Waals surface area contributed by atoms with Crippen molar-refractivity contribution >= 4 is 20.0 Å². The van der Waals surface area contributed by atoms with Gasteiger partial charge in [0.1, 0.15) is 6.61 Å². The maximum atomic E-state index is 12.5. The predicted molar refractivity (Wildman–Crippen MR) is 98.3 cm³/mol. The minimum Gasteiger partial charge on any atom is -0.444 e. The van der Waals surface area contributed by atoms with Gasteiger partial charge in [-0.25, -0.2) is 4.79 Å². The summed E-state index contributed by atoms with van der Waals surface area (Å²) in [4.78, 5) is 25.8. The second-order valence-corrected chi connectivity index (χ2v) is 12.1. The highest BCUT2D eigenvalue weighted by Crippen LogP contribution is 2.26. The largest absolute Gasteiger partial charge is 0.444 e. The van der Waals surface area contributed by atoms with Crippen LogP contribution in [0.2, 0.25) is 25.2 Å². The van der Waals surface area contributed by atoms with Crippen LogP contribution in [0.3, 0.4) is 0 Å². The third-order valence-electron chi connectivity index (χ3n) is 4.15. The highest BCUT2D eigenvalue weighted by atomic mass is 28.3. The fraction of sp³-hybridized carbons (Fsp3) is 0.368. The van der Waals surface area contributed by atoms with E-state index in [1.807, 2.05) is 36.4 Å². The Morgan fingerprint density at radius 2 is 2.08 bits per heavy atom. The normalized spacial score (nSPS) is 17.7. The van der Waals surface area contributed by atoms with E-state index in [4.69, 9.17) is 4.74 Å². The second-order valence-electron chi connectivity index (χ2n) is 6.95. The van der Waals surface area contributed by atoms with E-state index in [0.29, 0.717) is 6.42 Å². The van der Waals surface area contributed by atoms with Gasteiger partial charge in [0, 0.05) is 18.7 Å². The maximum absolute atomic E-state index is 12.5. The van der Waals surface area contributed by atoms with Gasteiger partial charge in [0.25, 0.3) is 0 Å². The van der Waals surface area contributed by atoms with Crippen molar-refractivity contribution in [3.63, 3.8) is 0 Å². The molecule has 0 unspecified atom stereocenters. The van der Waals surface area contributed by atoms with Crippen LogP contribution in [-0.4, -0.2) is 30.9 Å². The molecule has 1 heterocycles. The standard InChI is InChI=1S/C19H25NO3Si/c1-4-12-24(2,3)15-17-13-18(21)10-11-20(17)19(22)23-14-16-8-6-5-7-9-16/h4-11,17H,1,12-15H2,2-3H3/t17-/m0/s1. The quantitative estimate of drug-likeness (QED) is 0.569. The lowest BCUT2D eigenvalue weighted by atomic mass is 10.1. The van der Waals surface area contributed by atoms with E-state index < -0.39 is 14.2 Å². The van der Waals surface area contributed by atoms with Gasteiger partial charge < -0.3 is 4.74 Å². The monoisotopic (exact) mass is 343 g/mol. The number of carbonyl (C=O) groups excluding carboxylic acids is 2. The average molecular weight is 343 g/mol. The van der Waals surface area contributed by atoms with Crippen molar-refractivity contribution in [1.29, 1.82) is 0 Å². The number of amides is 1. The second kappa shape index (κ2) is 8.10. The van der Waals surface area contributed by atoms with Crippen molar-refractivity contribution in [3.05, 3.63) is 60.8 Å². The van der Waals surface area contributed by atoms with Crippen LogP contribution in [0.1, 0.15) is 12.0 Å². The smallest absolute Gasteiger partial charge is 0.414 e. The van der Waals surface area contributed by atoms with Crippen LogP contribution >= 0.6 is 0 Å². The van der Waals surface area contributed by atoms with Gasteiger partial charge in [0.05, 0.1) is 8.07 Å². The van der Waals surface area contributed by atoms with Crippen molar-refractivity contribution in [1.82, 2.24) is 4.90 Å². The first-order chi connectivity index (χ1) is 11.4. The molecule has 0 aromatic heterocycles. The van der Waals surface area contributed by atoms with Crippen LogP contribution in [0.5, 0.6) is 0 Å². The number of hydrogen-bond donors (Lipinski definition) is 0. The number of benzene rings is 1. The molecule has 0 saturated heterocycles. The minimum absolute atomic E-state index is 0.0653. The van der Waals surface area contributed by atoms with Gasteiger partial charge in [0.15, 0.2) is 5.78 Å². The zero-order valence-electron chi connectivity index (χ0n) is 14.4. The van der Waals surface area contributed by atoms with Gasteiger partial charge >= 0.3 is 6.09 Å². The van der Waals surface area contributed by atoms with E-state index >= 15 is 0 Å². The highest BCUT2D eigenvalue weighted by Gasteiger charge is 2.33. The SMILES string of the molecule is C=CC[Si](C)(C)C[C@@H]1CC(=O)C=CN1C(=O)OCc1ccccc1. The topological polar surface area (TPSA) is 46.6 Å². The van der Waals surface area contributed by atoms with Gasteiger partial charge in [-0.2, -0.15) is 0 Å². The summed E-state index contributed by atoms with van der Waals surface area (Å²) in [5.41, 5.74) is 0.945. The molecule has 128 valence electrons. The van der Waals surface area contributed by atoms with Gasteiger partial charge in [0.2, 0.25) is 0 Å². The lowest BCUT2D eigenvalue weighted by Gasteiger charge is -2.34. The zero-order valence-corrected chi connectivity index (χ0v) is 15.4. The molecular formula is C19H25NO3Si. The summed E-state index contributed by atoms with van der Waals surface area (Å²) in [5, 5.41) is 0. The van der Waals surface area contributed by atoms with Crippen LogP contribution < -0.4 is 0 Å². The number of rotatable bonds is 6. The number of allylic oxidation sites excluding steroid dienone is 2. The molecule has 0 radical (unpaired) electrons. The predicted octanol–water partition coefficient (Wildman–Crippen LogP) is 4.37. The van der Waals surface area contributed by atoms with Crippen molar-refractivity contribution in [3.8, 4) is 0 Å². The molecule has 0 spiro atoms. The molecule has 1 amide bonds. The minimum atomic E-state index is -1.55. The molecule has 5 heteroatoms. The third kappa shape index (κ3) is 5.20. The highest BCUT2D eigenvalue weighted by molar-refractivity contribution is 6.78. The Hall–Kier alpha value is -2.14. The molecule has 2 rings (SSSR count). The summed E-state index contributed by atoms with van der Waals surface area (Å²) in [5.74, 6) is 0.0653. The van der Waals surface area contributed by atoms with E-state index in [0.717, 1.165) is 17.7 Å². The molecule has 24 heavy (non-hydrogen) atoms. The van der Waals surface area contributed by atoms with Crippen molar-refractivity contribution in [2.75, 3.05) is 0 Å². The molecule has 0 saturated carbocycles. The zero-order chi connectivity index (χ0) is 17.6. The van der Waals surface area contributed by atoms with Crippen molar-refractivity contribution in [2.45, 2.75) is 44.3 Å². The summed E-state index contributed by atoms with van der Waals surface area (Å²) >= 11 is 0. The summed E-state index contributed by atoms with van der Waals surface area (Å²) in [7, 11) is -1.55. The number of hydrogen-bond acceptors (Lipinski definition) is 3. The van der Waals surface area contributed by atoms with E-state index in [1.54, 1.807) is 11.1 Å². The number of carbonyl (C=O) groups is 2. The summed E-state index contributed by atoms with van der Waals surface area (Å²) in [6, 6.07) is 11.3. The van der Waals surface area contributed by atoms with E-state index in [9.17, 15) is 9.59 Å². The lowest BCUT2D eigenvalue weighted by molar-refractivity contribution is -0.116. The molecule has 0 bridgehead atoms. The molecule has 1 aliphatic rings. The first-order valence-corrected chi connectivity index (χ1v) is 11.6. The number of ether oxygens (including phenoxy) is 1. The average Bonchev–Trinajstić information content (AvgIpc) is 2.53. The Labute approximate surface area is 144 Å². The van der Waals surface area contributed by atoms with Crippen molar-refractivity contribution < 1.29 is 14.3 Å². The van der Waals surface area contributed by atoms with Gasteiger partial charge in [-0.15, -0.1) is 6.58 Å². The van der Waals surface area contributed by atoms with Gasteiger partial charge in [-0.3, -0.25) is 9.69 Å². The van der Waals surface area contributed by atoms with E-state index in [2.05, 4.69) is 19.7 Å². The van der Waals surface area contributed by atoms with Gasteiger partial charge in [-0.05, 0) is 23.7 Å². The van der Waals surface area contributed by atoms with Crippen LogP contribution in [0.25, 0.3) is 0 Å². The fourth-order valence-electron chi connectivity index (χ4n) is 2.97. The Kier molecular flexibility index (Phi) is 6.14. The first-order valence-electron chi connectivity index (χ1n) is 8.22. The molecule has 1 aromatic rings. The molecule has 1 aliphatic heterocycles. The summed E-state index contributed by atoms with van der Waals surface area (Å²) < 4.78 is 5.43. The van der Waals surface area contributed by atoms with E-state index in [1.165, 1.54) is 6.08 Å². The summed E-state index contributed by atoms with van der Waals surface area (Å²) in [6.07, 6.45) is 4.94. The van der Waals surface area contributed by atoms with Crippen LogP contribution in [0.4, 0.5) is 4.79 Å². The van der Waals surface area contributed by atoms with Gasteiger partial charge in [-0.1, -0.05) is 49.5 Å². The molecular weight excluding hydrogens is 318 g/mol. The molecule has 0 fully saturated rings. The molecule has 4 nitrogen and oxygen atoms in total. The maximum Gasteiger partial charge on any atom is 0.414 e. The third-order valence-corrected chi connectivity index (χ3v) is 7.12. The molecule has 0 aliphatic carbocycles. The van der Waals surface area contributed by atoms with Crippen LogP contribution in [0.15, 0.2) is 55.3 Å². The van der Waals surface area contributed by atoms with Crippen LogP contribution in [-0.2, 0) is 16.1 Å². The Bertz CT molecular complexity index is 625. The number of ketones is 1. The fourth-order valence-corrected chi connectivity index (χ4v) is 5.53. The lowest BCUT2D eigenvalue weighted by Crippen LogP contribution is -2.44. The molecule has 1 atom stereocenters. The Morgan fingerprint density at radius 3 is 2.75 bits per heavy atom. The molecule has 0 N–H and O–H groups in total. The molecule has 1 aromatic carbocycles. The first kappa shape index (κ1) is 18.2. The number of nitrogens with zero attached hydrogens (tertiary/aromatic N) is 1.